The minimum atomic E-state index is -4.87. The van der Waals surface area contributed by atoms with Crippen LogP contribution < -0.4 is 0 Å². The van der Waals surface area contributed by atoms with Gasteiger partial charge in [-0.25, -0.2) is 9.18 Å². The molecule has 0 spiro atoms. The Morgan fingerprint density at radius 2 is 1.76 bits per heavy atom. The minimum Gasteiger partial charge on any atom is -0.478 e. The summed E-state index contributed by atoms with van der Waals surface area (Å²) < 4.78 is 52.2. The molecule has 0 saturated carbocycles. The van der Waals surface area contributed by atoms with E-state index in [9.17, 15) is 22.4 Å². The van der Waals surface area contributed by atoms with E-state index in [1.165, 1.54) is 6.07 Å². The van der Waals surface area contributed by atoms with Gasteiger partial charge in [0.2, 0.25) is 0 Å². The maximum Gasteiger partial charge on any atom is 0.419 e. The largest absolute Gasteiger partial charge is 0.478 e. The number of carboxylic acids is 1. The molecule has 110 valence electrons. The fourth-order valence-electron chi connectivity index (χ4n) is 1.88. The van der Waals surface area contributed by atoms with Gasteiger partial charge in [0.25, 0.3) is 0 Å². The average molecular weight is 319 g/mol. The molecule has 0 amide bonds. The first-order valence-electron chi connectivity index (χ1n) is 5.60. The summed E-state index contributed by atoms with van der Waals surface area (Å²) in [6.07, 6.45) is -4.87. The Labute approximate surface area is 121 Å². The molecule has 0 aliphatic heterocycles. The molecule has 2 rings (SSSR count). The maximum absolute atomic E-state index is 14.1. The van der Waals surface area contributed by atoms with Gasteiger partial charge in [-0.2, -0.15) is 13.2 Å². The average Bonchev–Trinajstić information content (AvgIpc) is 2.37. The second kappa shape index (κ2) is 5.37. The van der Waals surface area contributed by atoms with Crippen LogP contribution in [0.4, 0.5) is 17.6 Å². The zero-order valence-corrected chi connectivity index (χ0v) is 11.0. The molecule has 0 atom stereocenters. The van der Waals surface area contributed by atoms with E-state index in [4.69, 9.17) is 16.7 Å². The molecule has 2 aromatic rings. The molecule has 0 aliphatic carbocycles. The van der Waals surface area contributed by atoms with Gasteiger partial charge in [0.15, 0.2) is 0 Å². The highest BCUT2D eigenvalue weighted by Crippen LogP contribution is 2.37. The van der Waals surface area contributed by atoms with Gasteiger partial charge in [-0.05, 0) is 24.3 Å². The highest BCUT2D eigenvalue weighted by molar-refractivity contribution is 6.31. The van der Waals surface area contributed by atoms with E-state index in [0.717, 1.165) is 24.3 Å². The second-order valence-electron chi connectivity index (χ2n) is 4.16. The molecule has 0 heterocycles. The summed E-state index contributed by atoms with van der Waals surface area (Å²) in [5, 5.41) is 9.14. The van der Waals surface area contributed by atoms with E-state index in [2.05, 4.69) is 0 Å². The number of benzene rings is 2. The van der Waals surface area contributed by atoms with E-state index in [0.29, 0.717) is 6.07 Å². The molecule has 0 aromatic heterocycles. The van der Waals surface area contributed by atoms with Crippen molar-refractivity contribution in [2.24, 2.45) is 0 Å². The topological polar surface area (TPSA) is 37.3 Å². The van der Waals surface area contributed by atoms with E-state index < -0.39 is 29.1 Å². The predicted molar refractivity (Wildman–Crippen MR) is 68.8 cm³/mol. The van der Waals surface area contributed by atoms with Crippen molar-refractivity contribution in [3.05, 3.63) is 58.4 Å². The smallest absolute Gasteiger partial charge is 0.419 e. The summed E-state index contributed by atoms with van der Waals surface area (Å²) >= 11 is 5.72. The quantitative estimate of drug-likeness (QED) is 0.803. The van der Waals surface area contributed by atoms with E-state index in [1.54, 1.807) is 0 Å². The van der Waals surface area contributed by atoms with Gasteiger partial charge < -0.3 is 5.11 Å². The Hall–Kier alpha value is -2.08. The highest BCUT2D eigenvalue weighted by atomic mass is 35.5. The van der Waals surface area contributed by atoms with Crippen LogP contribution >= 0.6 is 11.6 Å². The molecule has 1 N–H and O–H groups in total. The van der Waals surface area contributed by atoms with Crippen molar-refractivity contribution in [2.75, 3.05) is 0 Å². The van der Waals surface area contributed by atoms with Gasteiger partial charge in [-0.1, -0.05) is 23.7 Å². The Balaban J connectivity index is 2.74. The first-order chi connectivity index (χ1) is 9.71. The van der Waals surface area contributed by atoms with Gasteiger partial charge in [-0.3, -0.25) is 0 Å². The summed E-state index contributed by atoms with van der Waals surface area (Å²) in [7, 11) is 0. The van der Waals surface area contributed by atoms with Crippen molar-refractivity contribution in [1.82, 2.24) is 0 Å². The molecule has 0 fully saturated rings. The Morgan fingerprint density at radius 3 is 2.33 bits per heavy atom. The van der Waals surface area contributed by atoms with Crippen molar-refractivity contribution >= 4 is 17.6 Å². The van der Waals surface area contributed by atoms with Crippen molar-refractivity contribution < 1.29 is 27.5 Å². The van der Waals surface area contributed by atoms with Gasteiger partial charge in [0.1, 0.15) is 5.82 Å². The molecule has 0 saturated heterocycles. The first-order valence-corrected chi connectivity index (χ1v) is 5.98. The zero-order valence-electron chi connectivity index (χ0n) is 10.2. The number of halogens is 5. The standard InChI is InChI=1S/C14H7ClF4O2/c15-7-4-5-9(13(20)21)10(6-7)8-2-1-3-11(12(8)16)14(17,18)19/h1-6H,(H,20,21). The van der Waals surface area contributed by atoms with Crippen molar-refractivity contribution in [2.45, 2.75) is 6.18 Å². The third-order valence-electron chi connectivity index (χ3n) is 2.81. The van der Waals surface area contributed by atoms with Crippen molar-refractivity contribution in [1.29, 1.82) is 0 Å². The highest BCUT2D eigenvalue weighted by Gasteiger charge is 2.35. The molecule has 0 unspecified atom stereocenters. The maximum atomic E-state index is 14.1. The molecule has 21 heavy (non-hydrogen) atoms. The molecule has 0 bridgehead atoms. The Morgan fingerprint density at radius 1 is 1.10 bits per heavy atom. The third kappa shape index (κ3) is 3.00. The second-order valence-corrected chi connectivity index (χ2v) is 4.60. The molecule has 2 aromatic carbocycles. The normalized spacial score (nSPS) is 11.5. The number of hydrogen-bond donors (Lipinski definition) is 1. The Bertz CT molecular complexity index is 711. The van der Waals surface area contributed by atoms with Crippen LogP contribution in [0.3, 0.4) is 0 Å². The zero-order chi connectivity index (χ0) is 15.8. The Kier molecular flexibility index (Phi) is 3.91. The fraction of sp³-hybridized carbons (Fsp3) is 0.0714. The van der Waals surface area contributed by atoms with E-state index in [1.807, 2.05) is 0 Å². The fourth-order valence-corrected chi connectivity index (χ4v) is 2.06. The summed E-state index contributed by atoms with van der Waals surface area (Å²) in [5.74, 6) is -2.92. The van der Waals surface area contributed by atoms with Crippen LogP contribution in [0.1, 0.15) is 15.9 Å². The molecule has 0 radical (unpaired) electrons. The number of hydrogen-bond acceptors (Lipinski definition) is 1. The van der Waals surface area contributed by atoms with Crippen LogP contribution in [-0.2, 0) is 6.18 Å². The number of carboxylic acid groups (broad SMARTS) is 1. The van der Waals surface area contributed by atoms with Crippen LogP contribution in [0.15, 0.2) is 36.4 Å². The summed E-state index contributed by atoms with van der Waals surface area (Å²) in [6.45, 7) is 0. The predicted octanol–water partition coefficient (Wildman–Crippen LogP) is 4.86. The summed E-state index contributed by atoms with van der Waals surface area (Å²) in [6, 6.07) is 6.16. The summed E-state index contributed by atoms with van der Waals surface area (Å²) in [4.78, 5) is 11.1. The third-order valence-corrected chi connectivity index (χ3v) is 3.04. The molecular formula is C14H7ClF4O2. The number of carbonyl (C=O) groups is 1. The lowest BCUT2D eigenvalue weighted by Crippen LogP contribution is -2.09. The lowest BCUT2D eigenvalue weighted by atomic mass is 9.97. The van der Waals surface area contributed by atoms with Gasteiger partial charge in [0.05, 0.1) is 11.1 Å². The lowest BCUT2D eigenvalue weighted by molar-refractivity contribution is -0.139. The number of alkyl halides is 3. The first kappa shape index (κ1) is 15.3. The van der Waals surface area contributed by atoms with Crippen LogP contribution in [0.2, 0.25) is 5.02 Å². The molecule has 2 nitrogen and oxygen atoms in total. The minimum absolute atomic E-state index is 0.0896. The van der Waals surface area contributed by atoms with Gasteiger partial charge in [0, 0.05) is 16.1 Å². The SMILES string of the molecule is O=C(O)c1ccc(Cl)cc1-c1cccc(C(F)(F)F)c1F. The molecular weight excluding hydrogens is 312 g/mol. The summed E-state index contributed by atoms with van der Waals surface area (Å²) in [5.41, 5.74) is -2.47. The van der Waals surface area contributed by atoms with E-state index in [-0.39, 0.29) is 16.1 Å². The van der Waals surface area contributed by atoms with Gasteiger partial charge >= 0.3 is 12.1 Å². The van der Waals surface area contributed by atoms with Crippen LogP contribution in [0, 0.1) is 5.82 Å². The molecule has 0 aliphatic rings. The van der Waals surface area contributed by atoms with Gasteiger partial charge in [-0.15, -0.1) is 0 Å². The van der Waals surface area contributed by atoms with Crippen LogP contribution in [0.25, 0.3) is 11.1 Å². The van der Waals surface area contributed by atoms with Crippen LogP contribution in [-0.4, -0.2) is 11.1 Å². The van der Waals surface area contributed by atoms with E-state index >= 15 is 0 Å². The van der Waals surface area contributed by atoms with Crippen molar-refractivity contribution in [3.8, 4) is 11.1 Å². The van der Waals surface area contributed by atoms with Crippen LogP contribution in [0.5, 0.6) is 0 Å². The molecule has 7 heteroatoms. The number of aromatic carboxylic acids is 1. The number of rotatable bonds is 2. The monoisotopic (exact) mass is 318 g/mol. The van der Waals surface area contributed by atoms with Crippen molar-refractivity contribution in [3.63, 3.8) is 0 Å². The lowest BCUT2D eigenvalue weighted by Gasteiger charge is -2.13.